The lowest BCUT2D eigenvalue weighted by Crippen LogP contribution is -2.11. The molecule has 0 saturated heterocycles. The Morgan fingerprint density at radius 2 is 1.77 bits per heavy atom. The zero-order chi connectivity index (χ0) is 31.4. The maximum absolute atomic E-state index is 10.7. The Labute approximate surface area is 260 Å². The summed E-state index contributed by atoms with van der Waals surface area (Å²) in [6.07, 6.45) is 12.0. The molecule has 0 saturated carbocycles. The van der Waals surface area contributed by atoms with Crippen molar-refractivity contribution in [2.24, 2.45) is 15.9 Å². The Hall–Kier alpha value is -4.86. The van der Waals surface area contributed by atoms with E-state index in [1.165, 1.54) is 16.7 Å². The Bertz CT molecular complexity index is 1740. The van der Waals surface area contributed by atoms with Gasteiger partial charge in [-0.2, -0.15) is 0 Å². The van der Waals surface area contributed by atoms with Gasteiger partial charge in [0.2, 0.25) is 5.75 Å². The van der Waals surface area contributed by atoms with Crippen LogP contribution in [0.3, 0.4) is 0 Å². The first-order chi connectivity index (χ1) is 21.2. The van der Waals surface area contributed by atoms with Crippen molar-refractivity contribution in [1.29, 1.82) is 0 Å². The molecule has 5 heteroatoms. The van der Waals surface area contributed by atoms with Gasteiger partial charge in [0.25, 0.3) is 0 Å². The van der Waals surface area contributed by atoms with Crippen molar-refractivity contribution in [3.05, 3.63) is 118 Å². The molecule has 0 aliphatic heterocycles. The highest BCUT2D eigenvalue weighted by molar-refractivity contribution is 6.01. The molecular formula is C39H40N2O3. The molecule has 3 aromatic rings. The van der Waals surface area contributed by atoms with Gasteiger partial charge in [-0.3, -0.25) is 9.98 Å². The van der Waals surface area contributed by atoms with Gasteiger partial charge in [0, 0.05) is 11.3 Å². The minimum atomic E-state index is -0.501. The number of phenols is 3. The molecule has 0 heterocycles. The first-order valence-corrected chi connectivity index (χ1v) is 15.1. The van der Waals surface area contributed by atoms with Crippen LogP contribution in [-0.4, -0.2) is 40.3 Å². The van der Waals surface area contributed by atoms with Crippen LogP contribution in [-0.2, 0) is 0 Å². The van der Waals surface area contributed by atoms with E-state index in [2.05, 4.69) is 73.4 Å². The second-order valence-corrected chi connectivity index (χ2v) is 11.7. The van der Waals surface area contributed by atoms with Gasteiger partial charge in [0.1, 0.15) is 0 Å². The monoisotopic (exact) mass is 584 g/mol. The van der Waals surface area contributed by atoms with E-state index in [0.29, 0.717) is 29.2 Å². The van der Waals surface area contributed by atoms with Crippen molar-refractivity contribution in [3.8, 4) is 28.4 Å². The number of benzene rings is 3. The zero-order valence-corrected chi connectivity index (χ0v) is 25.8. The highest BCUT2D eigenvalue weighted by Crippen LogP contribution is 2.47. The quantitative estimate of drug-likeness (QED) is 0.126. The molecule has 0 radical (unpaired) electrons. The molecule has 2 unspecified atom stereocenters. The van der Waals surface area contributed by atoms with E-state index in [1.54, 1.807) is 6.92 Å². The molecular weight excluding hydrogens is 544 g/mol. The van der Waals surface area contributed by atoms with Gasteiger partial charge in [-0.25, -0.2) is 0 Å². The van der Waals surface area contributed by atoms with E-state index in [1.807, 2.05) is 37.3 Å². The van der Waals surface area contributed by atoms with Gasteiger partial charge < -0.3 is 15.3 Å². The molecule has 0 aromatic heterocycles. The van der Waals surface area contributed by atoms with Gasteiger partial charge in [0.05, 0.1) is 12.6 Å². The topological polar surface area (TPSA) is 85.4 Å². The van der Waals surface area contributed by atoms with Gasteiger partial charge in [-0.1, -0.05) is 67.3 Å². The van der Waals surface area contributed by atoms with Crippen molar-refractivity contribution in [3.63, 3.8) is 0 Å². The molecule has 0 spiro atoms. The Morgan fingerprint density at radius 3 is 2.45 bits per heavy atom. The molecule has 5 rings (SSSR count). The zero-order valence-electron chi connectivity index (χ0n) is 25.8. The fourth-order valence-corrected chi connectivity index (χ4v) is 6.03. The summed E-state index contributed by atoms with van der Waals surface area (Å²) in [7, 11) is 0. The van der Waals surface area contributed by atoms with Crippen molar-refractivity contribution in [2.45, 2.75) is 52.5 Å². The maximum atomic E-state index is 10.7. The molecule has 2 aliphatic rings. The summed E-state index contributed by atoms with van der Waals surface area (Å²) in [5.74, 6) is -0.756. The molecule has 224 valence electrons. The van der Waals surface area contributed by atoms with Gasteiger partial charge >= 0.3 is 0 Å². The van der Waals surface area contributed by atoms with E-state index in [4.69, 9.17) is 4.99 Å². The standard InChI is InChI=1S/C39H40N2O3/c1-6-29-22-33(36-24(2)25(3)37(42)39(44)38(36)43)18-19-34(29)30-15-12-27(13-16-30)23-41-35(31-10-8-7-9-11-31)21-28-14-17-32(20-28)26(4)40-5/h6-12,14-15,18-19,22,26,28,42-44H,1,5,13,16,20-21,23H2,2-4H3/b41-35+. The molecule has 3 N–H and O–H groups in total. The van der Waals surface area contributed by atoms with E-state index < -0.39 is 5.75 Å². The average Bonchev–Trinajstić information content (AvgIpc) is 3.53. The second-order valence-electron chi connectivity index (χ2n) is 11.7. The lowest BCUT2D eigenvalue weighted by atomic mass is 9.87. The van der Waals surface area contributed by atoms with Crippen LogP contribution in [0.5, 0.6) is 17.2 Å². The van der Waals surface area contributed by atoms with Crippen LogP contribution in [0.4, 0.5) is 0 Å². The summed E-state index contributed by atoms with van der Waals surface area (Å²) in [6, 6.07) is 16.5. The molecule has 0 bridgehead atoms. The summed E-state index contributed by atoms with van der Waals surface area (Å²) in [5.41, 5.74) is 13.9. The Balaban J connectivity index is 1.36. The average molecular weight is 585 g/mol. The van der Waals surface area contributed by atoms with E-state index in [-0.39, 0.29) is 17.5 Å². The summed E-state index contributed by atoms with van der Waals surface area (Å²) >= 11 is 0. The third kappa shape index (κ3) is 6.24. The van der Waals surface area contributed by atoms with Crippen molar-refractivity contribution in [2.75, 3.05) is 6.54 Å². The van der Waals surface area contributed by atoms with Crippen LogP contribution in [0.15, 0.2) is 100 Å². The molecule has 44 heavy (non-hydrogen) atoms. The third-order valence-corrected chi connectivity index (χ3v) is 8.92. The number of nitrogens with zero attached hydrogens (tertiary/aromatic N) is 2. The van der Waals surface area contributed by atoms with Crippen molar-refractivity contribution in [1.82, 2.24) is 0 Å². The Kier molecular flexibility index (Phi) is 9.18. The predicted molar refractivity (Wildman–Crippen MR) is 183 cm³/mol. The smallest absolute Gasteiger partial charge is 0.201 e. The van der Waals surface area contributed by atoms with E-state index in [9.17, 15) is 15.3 Å². The molecule has 3 aromatic carbocycles. The van der Waals surface area contributed by atoms with Crippen LogP contribution in [0.2, 0.25) is 0 Å². The fraction of sp³-hybridized carbons (Fsp3) is 0.256. The largest absolute Gasteiger partial charge is 0.504 e. The van der Waals surface area contributed by atoms with Crippen molar-refractivity contribution < 1.29 is 15.3 Å². The van der Waals surface area contributed by atoms with Gasteiger partial charge in [0.15, 0.2) is 11.5 Å². The second kappa shape index (κ2) is 13.2. The summed E-state index contributed by atoms with van der Waals surface area (Å²) in [6.45, 7) is 14.0. The lowest BCUT2D eigenvalue weighted by Gasteiger charge is -2.19. The number of phenolic OH excluding ortho intramolecular Hbond substituents is 3. The number of aliphatic imine (C=N–C) groups is 2. The number of hydrogen-bond acceptors (Lipinski definition) is 5. The molecule has 0 amide bonds. The van der Waals surface area contributed by atoms with E-state index in [0.717, 1.165) is 53.6 Å². The Morgan fingerprint density at radius 1 is 1.00 bits per heavy atom. The number of hydrogen-bond donors (Lipinski definition) is 3. The highest BCUT2D eigenvalue weighted by Gasteiger charge is 2.22. The SMILES string of the molecule is C=Cc1cc(-c2c(C)c(C)c(O)c(O)c2O)ccc1C1=CC=C(C/N=C(\CC2C=C=C(C(C)N=C)C2)c2ccccc2)CC1. The molecule has 2 atom stereocenters. The lowest BCUT2D eigenvalue weighted by molar-refractivity contribution is 0.366. The summed E-state index contributed by atoms with van der Waals surface area (Å²) in [4.78, 5) is 9.30. The first kappa shape index (κ1) is 30.6. The van der Waals surface area contributed by atoms with Crippen LogP contribution < -0.4 is 0 Å². The number of aromatic hydroxyl groups is 3. The molecule has 2 aliphatic carbocycles. The van der Waals surface area contributed by atoms with Gasteiger partial charge in [-0.05, 0) is 121 Å². The maximum Gasteiger partial charge on any atom is 0.201 e. The van der Waals surface area contributed by atoms with E-state index >= 15 is 0 Å². The van der Waals surface area contributed by atoms with Crippen LogP contribution >= 0.6 is 0 Å². The van der Waals surface area contributed by atoms with Crippen LogP contribution in [0.25, 0.3) is 22.8 Å². The fourth-order valence-electron chi connectivity index (χ4n) is 6.03. The van der Waals surface area contributed by atoms with Crippen LogP contribution in [0, 0.1) is 19.8 Å². The molecule has 5 nitrogen and oxygen atoms in total. The predicted octanol–water partition coefficient (Wildman–Crippen LogP) is 8.90. The van der Waals surface area contributed by atoms with Crippen LogP contribution in [0.1, 0.15) is 60.4 Å². The number of rotatable bonds is 10. The number of allylic oxidation sites excluding steroid dienone is 3. The molecule has 0 fully saturated rings. The summed E-state index contributed by atoms with van der Waals surface area (Å²) < 4.78 is 0. The third-order valence-electron chi connectivity index (χ3n) is 8.92. The van der Waals surface area contributed by atoms with Gasteiger partial charge in [-0.15, -0.1) is 5.73 Å². The highest BCUT2D eigenvalue weighted by atomic mass is 16.3. The first-order valence-electron chi connectivity index (χ1n) is 15.1. The minimum Gasteiger partial charge on any atom is -0.504 e. The minimum absolute atomic E-state index is 0.0984. The summed E-state index contributed by atoms with van der Waals surface area (Å²) in [5, 5.41) is 31.1. The normalized spacial score (nSPS) is 17.1. The van der Waals surface area contributed by atoms with Crippen molar-refractivity contribution >= 4 is 24.1 Å².